The van der Waals surface area contributed by atoms with Gasteiger partial charge in [0.25, 0.3) is 11.5 Å². The van der Waals surface area contributed by atoms with Crippen molar-refractivity contribution in [1.82, 2.24) is 14.9 Å². The fourth-order valence-corrected chi connectivity index (χ4v) is 2.24. The van der Waals surface area contributed by atoms with Crippen LogP contribution in [0.1, 0.15) is 17.3 Å². The third-order valence-electron chi connectivity index (χ3n) is 3.32. The first-order valence-electron chi connectivity index (χ1n) is 7.49. The molecule has 0 saturated carbocycles. The Hall–Kier alpha value is -3.48. The minimum Gasteiger partial charge on any atom is -0.486 e. The number of benzene rings is 1. The van der Waals surface area contributed by atoms with E-state index in [9.17, 15) is 23.3 Å². The number of hydrogen-bond acceptors (Lipinski definition) is 7. The van der Waals surface area contributed by atoms with E-state index in [1.54, 1.807) is 6.07 Å². The monoisotopic (exact) mass is 413 g/mol. The molecule has 0 aliphatic rings. The molecule has 0 atom stereocenters. The van der Waals surface area contributed by atoms with E-state index in [1.807, 2.05) is 5.10 Å². The van der Waals surface area contributed by atoms with E-state index >= 15 is 0 Å². The van der Waals surface area contributed by atoms with Gasteiger partial charge in [-0.2, -0.15) is 22.9 Å². The molecule has 1 aromatic carbocycles. The predicted molar refractivity (Wildman–Crippen MR) is 91.5 cm³/mol. The molecule has 0 amide bonds. The van der Waals surface area contributed by atoms with Crippen molar-refractivity contribution in [2.75, 3.05) is 0 Å². The van der Waals surface area contributed by atoms with Crippen molar-refractivity contribution in [1.29, 1.82) is 0 Å². The van der Waals surface area contributed by atoms with Crippen LogP contribution in [0, 0.1) is 14.9 Å². The molecule has 3 aromatic rings. The van der Waals surface area contributed by atoms with Crippen LogP contribution in [-0.2, 0) is 12.8 Å². The van der Waals surface area contributed by atoms with Crippen molar-refractivity contribution in [3.63, 3.8) is 0 Å². The largest absolute Gasteiger partial charge is 0.486 e. The molecule has 0 spiro atoms. The summed E-state index contributed by atoms with van der Waals surface area (Å²) in [6, 6.07) is 8.48. The van der Waals surface area contributed by atoms with Gasteiger partial charge in [0.2, 0.25) is 4.77 Å². The van der Waals surface area contributed by atoms with Crippen molar-refractivity contribution in [2.45, 2.75) is 12.8 Å². The van der Waals surface area contributed by atoms with Gasteiger partial charge >= 0.3 is 6.18 Å². The Kier molecular flexibility index (Phi) is 5.26. The molecule has 2 heterocycles. The van der Waals surface area contributed by atoms with Gasteiger partial charge in [0.1, 0.15) is 23.9 Å². The van der Waals surface area contributed by atoms with Crippen LogP contribution >= 0.6 is 12.2 Å². The molecule has 3 rings (SSSR count). The first-order valence-corrected chi connectivity index (χ1v) is 7.90. The number of H-pyrrole nitrogens is 1. The molecule has 2 aromatic heterocycles. The number of hydrogen-bond donors (Lipinski definition) is 1. The smallest absolute Gasteiger partial charge is 0.453 e. The summed E-state index contributed by atoms with van der Waals surface area (Å²) in [6.45, 7) is 0.00456. The lowest BCUT2D eigenvalue weighted by Gasteiger charge is -2.04. The van der Waals surface area contributed by atoms with Crippen LogP contribution in [0.25, 0.3) is 0 Å². The number of aromatic nitrogens is 3. The lowest BCUT2D eigenvalue weighted by molar-refractivity contribution is -0.384. The highest BCUT2D eigenvalue weighted by Crippen LogP contribution is 2.27. The van der Waals surface area contributed by atoms with E-state index in [4.69, 9.17) is 21.4 Å². The summed E-state index contributed by atoms with van der Waals surface area (Å²) in [5, 5.41) is 19.4. The molecule has 0 saturated heterocycles. The van der Waals surface area contributed by atoms with Gasteiger partial charge in [0.05, 0.1) is 11.1 Å². The van der Waals surface area contributed by atoms with Gasteiger partial charge in [0, 0.05) is 12.1 Å². The molecule has 0 fully saturated rings. The number of aromatic amines is 1. The lowest BCUT2D eigenvalue weighted by Crippen LogP contribution is -2.12. The first kappa shape index (κ1) is 19.3. The quantitative estimate of drug-likeness (QED) is 0.284. The maximum absolute atomic E-state index is 12.8. The second kappa shape index (κ2) is 7.64. The van der Waals surface area contributed by atoms with E-state index in [0.29, 0.717) is 16.2 Å². The predicted octanol–water partition coefficient (Wildman–Crippen LogP) is 3.92. The van der Waals surface area contributed by atoms with Crippen LogP contribution in [0.3, 0.4) is 0 Å². The van der Waals surface area contributed by atoms with Gasteiger partial charge < -0.3 is 9.15 Å². The molecule has 0 aliphatic heterocycles. The zero-order valence-corrected chi connectivity index (χ0v) is 14.5. The number of rotatable bonds is 6. The minimum atomic E-state index is -4.72. The summed E-state index contributed by atoms with van der Waals surface area (Å²) in [5.74, 6) is -0.371. The van der Waals surface area contributed by atoms with E-state index in [0.717, 1.165) is 6.21 Å². The highest BCUT2D eigenvalue weighted by atomic mass is 32.1. The molecular weight excluding hydrogens is 403 g/mol. The number of halogens is 3. The summed E-state index contributed by atoms with van der Waals surface area (Å²) >= 11 is 4.72. The Bertz CT molecular complexity index is 1070. The minimum absolute atomic E-state index is 0.00456. The molecule has 0 radical (unpaired) electrons. The highest BCUT2D eigenvalue weighted by molar-refractivity contribution is 7.71. The van der Waals surface area contributed by atoms with Crippen molar-refractivity contribution in [3.05, 3.63) is 68.6 Å². The standard InChI is InChI=1S/C15H10F3N5O4S/c16-15(17,18)13-20-21-14(28)22(13)19-7-11-5-6-12(27-11)8-26-10-3-1-9(2-4-10)23(24)25/h1-7H,8H2,(H,21,28)/b19-7-. The van der Waals surface area contributed by atoms with E-state index in [1.165, 1.54) is 30.3 Å². The normalized spacial score (nSPS) is 11.8. The van der Waals surface area contributed by atoms with Crippen molar-refractivity contribution in [3.8, 4) is 5.75 Å². The maximum atomic E-state index is 12.8. The van der Waals surface area contributed by atoms with Crippen LogP contribution in [0.4, 0.5) is 18.9 Å². The first-order chi connectivity index (χ1) is 13.2. The molecule has 13 heteroatoms. The average molecular weight is 413 g/mol. The second-order valence-electron chi connectivity index (χ2n) is 5.25. The number of nitro groups is 1. The SMILES string of the molecule is O=[N+]([O-])c1ccc(OCc2ccc(/C=N\n3c(C(F)(F)F)n[nH]c3=S)o2)cc1. The fourth-order valence-electron chi connectivity index (χ4n) is 2.06. The van der Waals surface area contributed by atoms with Crippen LogP contribution in [0.2, 0.25) is 0 Å². The lowest BCUT2D eigenvalue weighted by atomic mass is 10.3. The molecular formula is C15H10F3N5O4S. The number of nitro benzene ring substituents is 1. The van der Waals surface area contributed by atoms with Crippen molar-refractivity contribution >= 4 is 24.1 Å². The molecule has 0 unspecified atom stereocenters. The van der Waals surface area contributed by atoms with Gasteiger partial charge in [-0.25, -0.2) is 5.10 Å². The number of ether oxygens (including phenoxy) is 1. The van der Waals surface area contributed by atoms with E-state index < -0.39 is 16.9 Å². The Morgan fingerprint density at radius 3 is 2.68 bits per heavy atom. The van der Waals surface area contributed by atoms with Gasteiger partial charge in [0.15, 0.2) is 0 Å². The molecule has 28 heavy (non-hydrogen) atoms. The molecule has 0 bridgehead atoms. The topological polar surface area (TPSA) is 111 Å². The Morgan fingerprint density at radius 1 is 1.32 bits per heavy atom. The van der Waals surface area contributed by atoms with Crippen molar-refractivity contribution < 1.29 is 27.2 Å². The molecule has 0 aliphatic carbocycles. The summed E-state index contributed by atoms with van der Waals surface area (Å²) < 4.78 is 49.4. The number of nitrogens with zero attached hydrogens (tertiary/aromatic N) is 4. The van der Waals surface area contributed by atoms with Crippen LogP contribution in [0.15, 0.2) is 45.9 Å². The maximum Gasteiger partial charge on any atom is 0.453 e. The number of furan rings is 1. The summed E-state index contributed by atoms with van der Waals surface area (Å²) in [7, 11) is 0. The van der Waals surface area contributed by atoms with Gasteiger partial charge in [-0.15, -0.1) is 5.10 Å². The van der Waals surface area contributed by atoms with Gasteiger partial charge in [-0.3, -0.25) is 10.1 Å². The molecule has 146 valence electrons. The van der Waals surface area contributed by atoms with E-state index in [-0.39, 0.29) is 22.8 Å². The Labute approximate surface area is 159 Å². The Morgan fingerprint density at radius 2 is 2.04 bits per heavy atom. The van der Waals surface area contributed by atoms with Gasteiger partial charge in [-0.1, -0.05) is 0 Å². The fraction of sp³-hybridized carbons (Fsp3) is 0.133. The average Bonchev–Trinajstić information content (AvgIpc) is 3.24. The Balaban J connectivity index is 1.66. The molecule has 9 nitrogen and oxygen atoms in total. The summed E-state index contributed by atoms with van der Waals surface area (Å²) in [6.07, 6.45) is -3.67. The number of nitrogens with one attached hydrogen (secondary N) is 1. The molecule has 1 N–H and O–H groups in total. The van der Waals surface area contributed by atoms with Crippen LogP contribution < -0.4 is 4.74 Å². The van der Waals surface area contributed by atoms with Crippen LogP contribution in [0.5, 0.6) is 5.75 Å². The number of alkyl halides is 3. The van der Waals surface area contributed by atoms with E-state index in [2.05, 4.69) is 10.2 Å². The second-order valence-corrected chi connectivity index (χ2v) is 5.64. The third-order valence-corrected chi connectivity index (χ3v) is 3.58. The van der Waals surface area contributed by atoms with Gasteiger partial charge in [-0.05, 0) is 36.5 Å². The highest BCUT2D eigenvalue weighted by Gasteiger charge is 2.37. The zero-order chi connectivity index (χ0) is 20.3. The van der Waals surface area contributed by atoms with Crippen molar-refractivity contribution in [2.24, 2.45) is 5.10 Å². The summed E-state index contributed by atoms with van der Waals surface area (Å²) in [4.78, 5) is 10.1. The summed E-state index contributed by atoms with van der Waals surface area (Å²) in [5.41, 5.74) is -0.0695. The third kappa shape index (κ3) is 4.43. The zero-order valence-electron chi connectivity index (χ0n) is 13.7. The van der Waals surface area contributed by atoms with Crippen LogP contribution in [-0.4, -0.2) is 26.0 Å². The number of non-ortho nitro benzene ring substituents is 1.